The van der Waals surface area contributed by atoms with Gasteiger partial charge in [0.25, 0.3) is 0 Å². The first-order valence-corrected chi connectivity index (χ1v) is 22.1. The van der Waals surface area contributed by atoms with Crippen LogP contribution in [0.1, 0.15) is 22.3 Å². The van der Waals surface area contributed by atoms with Crippen molar-refractivity contribution < 1.29 is 4.42 Å². The molecule has 12 aromatic rings. The van der Waals surface area contributed by atoms with E-state index in [1.807, 2.05) is 11.3 Å². The predicted molar refractivity (Wildman–Crippen MR) is 262 cm³/mol. The van der Waals surface area contributed by atoms with Crippen molar-refractivity contribution in [3.8, 4) is 22.3 Å². The van der Waals surface area contributed by atoms with Crippen LogP contribution in [0, 0.1) is 0 Å². The number of hydrogen-bond acceptors (Lipinski definition) is 3. The summed E-state index contributed by atoms with van der Waals surface area (Å²) in [5, 5.41) is 7.12. The molecular formula is C59H37NOS. The fourth-order valence-electron chi connectivity index (χ4n) is 10.5. The van der Waals surface area contributed by atoms with Crippen molar-refractivity contribution in [1.82, 2.24) is 0 Å². The molecule has 10 aromatic carbocycles. The molecule has 1 aliphatic carbocycles. The molecule has 0 N–H and O–H groups in total. The lowest BCUT2D eigenvalue weighted by Crippen LogP contribution is -2.28. The largest absolute Gasteiger partial charge is 0.455 e. The summed E-state index contributed by atoms with van der Waals surface area (Å²) in [6, 6.07) is 82.3. The van der Waals surface area contributed by atoms with Gasteiger partial charge in [0.05, 0.1) is 11.1 Å². The molecule has 0 radical (unpaired) electrons. The second kappa shape index (κ2) is 13.7. The monoisotopic (exact) mass is 807 g/mol. The minimum absolute atomic E-state index is 0.515. The van der Waals surface area contributed by atoms with Crippen LogP contribution in [0.4, 0.5) is 17.1 Å². The van der Waals surface area contributed by atoms with Gasteiger partial charge >= 0.3 is 0 Å². The van der Waals surface area contributed by atoms with Gasteiger partial charge in [-0.1, -0.05) is 170 Å². The summed E-state index contributed by atoms with van der Waals surface area (Å²) in [5.74, 6) is 0. The Morgan fingerprint density at radius 3 is 1.87 bits per heavy atom. The van der Waals surface area contributed by atoms with Gasteiger partial charge in [0, 0.05) is 47.7 Å². The zero-order valence-electron chi connectivity index (χ0n) is 33.6. The number of fused-ring (bicyclic) bond motifs is 11. The number of thiophene rings is 1. The Bertz CT molecular complexity index is 3650. The standard InChI is InChI=1S/C59H37NOS/c1-3-16-40(17-4-1)59(41-18-5-2-6-19-41)50-24-11-9-21-46(50)47-36-34-43(37-51(47)59)60(52-25-14-28-55-57(52)48-22-10-12-27-54(48)62-55)42-32-29-39(30-33-42)44-23-13-26-53-56(44)49-35-31-38-15-7-8-20-45(38)58(49)61-53/h1-37H. The highest BCUT2D eigenvalue weighted by Crippen LogP contribution is 2.57. The van der Waals surface area contributed by atoms with Crippen LogP contribution in [0.2, 0.25) is 0 Å². The normalized spacial score (nSPS) is 13.0. The molecule has 62 heavy (non-hydrogen) atoms. The molecule has 0 fully saturated rings. The van der Waals surface area contributed by atoms with Gasteiger partial charge in [-0.3, -0.25) is 0 Å². The number of anilines is 3. The zero-order chi connectivity index (χ0) is 40.8. The van der Waals surface area contributed by atoms with Crippen molar-refractivity contribution in [3.63, 3.8) is 0 Å². The lowest BCUT2D eigenvalue weighted by Gasteiger charge is -2.35. The summed E-state index contributed by atoms with van der Waals surface area (Å²) in [6.07, 6.45) is 0. The van der Waals surface area contributed by atoms with E-state index >= 15 is 0 Å². The maximum absolute atomic E-state index is 6.61. The molecule has 2 heterocycles. The van der Waals surface area contributed by atoms with Gasteiger partial charge in [-0.15, -0.1) is 11.3 Å². The highest BCUT2D eigenvalue weighted by Gasteiger charge is 2.46. The third kappa shape index (κ3) is 5.03. The second-order valence-corrected chi connectivity index (χ2v) is 17.4. The molecule has 0 unspecified atom stereocenters. The van der Waals surface area contributed by atoms with Gasteiger partial charge in [-0.25, -0.2) is 0 Å². The van der Waals surface area contributed by atoms with Crippen LogP contribution in [-0.4, -0.2) is 0 Å². The van der Waals surface area contributed by atoms with Crippen molar-refractivity contribution in [3.05, 3.63) is 247 Å². The number of nitrogens with zero attached hydrogens (tertiary/aromatic N) is 1. The maximum atomic E-state index is 6.61. The van der Waals surface area contributed by atoms with E-state index in [1.165, 1.54) is 58.9 Å². The first-order chi connectivity index (χ1) is 30.8. The van der Waals surface area contributed by atoms with E-state index in [1.54, 1.807) is 0 Å². The van der Waals surface area contributed by atoms with Gasteiger partial charge in [0.1, 0.15) is 11.2 Å². The molecule has 0 amide bonds. The number of rotatable bonds is 6. The molecule has 2 aromatic heterocycles. The van der Waals surface area contributed by atoms with Crippen LogP contribution in [-0.2, 0) is 5.41 Å². The molecule has 0 spiro atoms. The molecule has 1 aliphatic rings. The van der Waals surface area contributed by atoms with E-state index in [2.05, 4.69) is 229 Å². The lowest BCUT2D eigenvalue weighted by atomic mass is 9.67. The molecule has 2 nitrogen and oxygen atoms in total. The maximum Gasteiger partial charge on any atom is 0.143 e. The van der Waals surface area contributed by atoms with E-state index in [4.69, 9.17) is 4.42 Å². The molecule has 0 atom stereocenters. The molecule has 0 aliphatic heterocycles. The van der Waals surface area contributed by atoms with Crippen LogP contribution in [0.3, 0.4) is 0 Å². The molecule has 0 bridgehead atoms. The van der Waals surface area contributed by atoms with E-state index < -0.39 is 5.41 Å². The summed E-state index contributed by atoms with van der Waals surface area (Å²) in [4.78, 5) is 2.48. The van der Waals surface area contributed by atoms with Gasteiger partial charge in [-0.2, -0.15) is 0 Å². The van der Waals surface area contributed by atoms with Crippen molar-refractivity contribution in [2.24, 2.45) is 0 Å². The zero-order valence-corrected chi connectivity index (χ0v) is 34.4. The Kier molecular flexibility index (Phi) is 7.72. The summed E-state index contributed by atoms with van der Waals surface area (Å²) in [7, 11) is 0. The molecule has 290 valence electrons. The van der Waals surface area contributed by atoms with Gasteiger partial charge in [-0.05, 0) is 104 Å². The summed E-state index contributed by atoms with van der Waals surface area (Å²) in [5.41, 5.74) is 14.6. The molecular weight excluding hydrogens is 771 g/mol. The highest BCUT2D eigenvalue weighted by molar-refractivity contribution is 7.26. The first-order valence-electron chi connectivity index (χ1n) is 21.2. The number of benzene rings is 10. The van der Waals surface area contributed by atoms with E-state index in [9.17, 15) is 0 Å². The fraction of sp³-hybridized carbons (Fsp3) is 0.0169. The molecule has 13 rings (SSSR count). The third-order valence-electron chi connectivity index (χ3n) is 13.1. The molecule has 0 saturated carbocycles. The van der Waals surface area contributed by atoms with E-state index in [-0.39, 0.29) is 0 Å². The fourth-order valence-corrected chi connectivity index (χ4v) is 11.7. The van der Waals surface area contributed by atoms with Crippen molar-refractivity contribution >= 4 is 81.3 Å². The number of furan rings is 1. The Morgan fingerprint density at radius 2 is 1.05 bits per heavy atom. The highest BCUT2D eigenvalue weighted by atomic mass is 32.1. The lowest BCUT2D eigenvalue weighted by molar-refractivity contribution is 0.673. The van der Waals surface area contributed by atoms with E-state index in [0.717, 1.165) is 55.5 Å². The number of hydrogen-bond donors (Lipinski definition) is 0. The van der Waals surface area contributed by atoms with Crippen molar-refractivity contribution in [2.75, 3.05) is 4.90 Å². The average molecular weight is 808 g/mol. The smallest absolute Gasteiger partial charge is 0.143 e. The SMILES string of the molecule is c1ccc(C2(c3ccccc3)c3ccccc3-c3ccc(N(c4ccc(-c5cccc6oc7c8ccccc8ccc7c56)cc4)c4cccc5sc6ccccc6c45)cc32)cc1. The molecule has 0 saturated heterocycles. The second-order valence-electron chi connectivity index (χ2n) is 16.3. The van der Waals surface area contributed by atoms with Gasteiger partial charge in [0.15, 0.2) is 0 Å². The topological polar surface area (TPSA) is 16.4 Å². The summed E-state index contributed by atoms with van der Waals surface area (Å²) < 4.78 is 9.17. The summed E-state index contributed by atoms with van der Waals surface area (Å²) >= 11 is 1.86. The van der Waals surface area contributed by atoms with Crippen LogP contribution in [0.15, 0.2) is 229 Å². The van der Waals surface area contributed by atoms with Crippen LogP contribution < -0.4 is 4.90 Å². The van der Waals surface area contributed by atoms with Gasteiger partial charge in [0.2, 0.25) is 0 Å². The van der Waals surface area contributed by atoms with Crippen molar-refractivity contribution in [1.29, 1.82) is 0 Å². The van der Waals surface area contributed by atoms with E-state index in [0.29, 0.717) is 0 Å². The third-order valence-corrected chi connectivity index (χ3v) is 14.3. The average Bonchev–Trinajstić information content (AvgIpc) is 4.01. The van der Waals surface area contributed by atoms with Crippen LogP contribution >= 0.6 is 11.3 Å². The minimum Gasteiger partial charge on any atom is -0.455 e. The Labute approximate surface area is 363 Å². The van der Waals surface area contributed by atoms with Gasteiger partial charge < -0.3 is 9.32 Å². The Balaban J connectivity index is 1.04. The van der Waals surface area contributed by atoms with Crippen molar-refractivity contribution in [2.45, 2.75) is 5.41 Å². The quantitative estimate of drug-likeness (QED) is 0.166. The Hall–Kier alpha value is -7.72. The first kappa shape index (κ1) is 35.1. The van der Waals surface area contributed by atoms with Crippen LogP contribution in [0.5, 0.6) is 0 Å². The van der Waals surface area contributed by atoms with Crippen LogP contribution in [0.25, 0.3) is 75.1 Å². The predicted octanol–water partition coefficient (Wildman–Crippen LogP) is 16.6. The minimum atomic E-state index is -0.515. The Morgan fingerprint density at radius 1 is 0.403 bits per heavy atom. The molecule has 3 heteroatoms. The summed E-state index contributed by atoms with van der Waals surface area (Å²) in [6.45, 7) is 0.